The third-order valence-corrected chi connectivity index (χ3v) is 3.82. The van der Waals surface area contributed by atoms with E-state index in [0.717, 1.165) is 5.56 Å². The van der Waals surface area contributed by atoms with Gasteiger partial charge in [0.2, 0.25) is 5.91 Å². The van der Waals surface area contributed by atoms with Gasteiger partial charge in [-0.2, -0.15) is 5.10 Å². The molecule has 2 aromatic carbocycles. The maximum Gasteiger partial charge on any atom is 0.224 e. The van der Waals surface area contributed by atoms with E-state index < -0.39 is 0 Å². The lowest BCUT2D eigenvalue weighted by atomic mass is 10.1. The summed E-state index contributed by atoms with van der Waals surface area (Å²) in [4.78, 5) is 12.1. The zero-order valence-electron chi connectivity index (χ0n) is 14.3. The highest BCUT2D eigenvalue weighted by Crippen LogP contribution is 2.18. The molecule has 134 valence electrons. The van der Waals surface area contributed by atoms with Crippen molar-refractivity contribution in [3.8, 4) is 5.75 Å². The molecule has 0 atom stereocenters. The molecule has 0 aliphatic heterocycles. The number of nitrogens with zero attached hydrogens (tertiary/aromatic N) is 2. The zero-order valence-corrected chi connectivity index (χ0v) is 14.3. The predicted octanol–water partition coefficient (Wildman–Crippen LogP) is 3.67. The predicted molar refractivity (Wildman–Crippen MR) is 97.5 cm³/mol. The van der Waals surface area contributed by atoms with Gasteiger partial charge in [0.1, 0.15) is 18.2 Å². The monoisotopic (exact) mass is 353 g/mol. The van der Waals surface area contributed by atoms with E-state index in [1.54, 1.807) is 29.1 Å². The third kappa shape index (κ3) is 5.44. The van der Waals surface area contributed by atoms with Crippen LogP contribution in [-0.2, 0) is 17.8 Å². The van der Waals surface area contributed by atoms with E-state index in [1.807, 2.05) is 30.5 Å². The second-order valence-electron chi connectivity index (χ2n) is 5.82. The first kappa shape index (κ1) is 17.7. The number of ether oxygens (including phenoxy) is 1. The van der Waals surface area contributed by atoms with Crippen molar-refractivity contribution >= 4 is 11.6 Å². The van der Waals surface area contributed by atoms with Crippen molar-refractivity contribution in [2.45, 2.75) is 19.4 Å². The SMILES string of the molecule is O=C(CCc1ccc(F)cc1)Nc1cccc(OCCn2cccn2)c1. The number of aryl methyl sites for hydroxylation is 1. The van der Waals surface area contributed by atoms with Crippen LogP contribution in [0.15, 0.2) is 67.0 Å². The molecule has 0 unspecified atom stereocenters. The number of carbonyl (C=O) groups is 1. The summed E-state index contributed by atoms with van der Waals surface area (Å²) in [6.45, 7) is 1.14. The van der Waals surface area contributed by atoms with Crippen LogP contribution in [0.3, 0.4) is 0 Å². The second kappa shape index (κ2) is 8.80. The Bertz CT molecular complexity index is 833. The van der Waals surface area contributed by atoms with Gasteiger partial charge in [0.15, 0.2) is 0 Å². The molecule has 3 rings (SSSR count). The van der Waals surface area contributed by atoms with Crippen LogP contribution in [0.1, 0.15) is 12.0 Å². The van der Waals surface area contributed by atoms with Crippen molar-refractivity contribution in [1.29, 1.82) is 0 Å². The van der Waals surface area contributed by atoms with E-state index in [2.05, 4.69) is 10.4 Å². The molecular weight excluding hydrogens is 333 g/mol. The maximum atomic E-state index is 12.9. The van der Waals surface area contributed by atoms with Crippen LogP contribution in [0.5, 0.6) is 5.75 Å². The van der Waals surface area contributed by atoms with Crippen molar-refractivity contribution in [1.82, 2.24) is 9.78 Å². The highest BCUT2D eigenvalue weighted by Gasteiger charge is 2.05. The molecule has 5 nitrogen and oxygen atoms in total. The van der Waals surface area contributed by atoms with E-state index >= 15 is 0 Å². The number of hydrogen-bond acceptors (Lipinski definition) is 3. The number of carbonyl (C=O) groups excluding carboxylic acids is 1. The van der Waals surface area contributed by atoms with Crippen molar-refractivity contribution in [2.24, 2.45) is 0 Å². The van der Waals surface area contributed by atoms with E-state index in [1.165, 1.54) is 12.1 Å². The summed E-state index contributed by atoms with van der Waals surface area (Å²) in [5.74, 6) is 0.319. The Morgan fingerprint density at radius 1 is 1.15 bits per heavy atom. The van der Waals surface area contributed by atoms with E-state index in [0.29, 0.717) is 37.4 Å². The minimum Gasteiger partial charge on any atom is -0.492 e. The van der Waals surface area contributed by atoms with Crippen LogP contribution in [0, 0.1) is 5.82 Å². The van der Waals surface area contributed by atoms with Gasteiger partial charge in [0.25, 0.3) is 0 Å². The highest BCUT2D eigenvalue weighted by molar-refractivity contribution is 5.91. The van der Waals surface area contributed by atoms with Crippen LogP contribution in [0.4, 0.5) is 10.1 Å². The first-order valence-electron chi connectivity index (χ1n) is 8.44. The minimum absolute atomic E-state index is 0.0944. The fourth-order valence-corrected chi connectivity index (χ4v) is 2.49. The lowest BCUT2D eigenvalue weighted by Gasteiger charge is -2.09. The number of halogens is 1. The average molecular weight is 353 g/mol. The van der Waals surface area contributed by atoms with Crippen LogP contribution in [0.2, 0.25) is 0 Å². The summed E-state index contributed by atoms with van der Waals surface area (Å²) < 4.78 is 20.4. The molecule has 0 fully saturated rings. The smallest absolute Gasteiger partial charge is 0.224 e. The number of aromatic nitrogens is 2. The van der Waals surface area contributed by atoms with E-state index in [9.17, 15) is 9.18 Å². The molecule has 3 aromatic rings. The largest absolute Gasteiger partial charge is 0.492 e. The Kier molecular flexibility index (Phi) is 5.98. The molecule has 0 aliphatic carbocycles. The molecule has 26 heavy (non-hydrogen) atoms. The molecule has 0 bridgehead atoms. The molecule has 0 aliphatic rings. The lowest BCUT2D eigenvalue weighted by molar-refractivity contribution is -0.116. The minimum atomic E-state index is -0.275. The summed E-state index contributed by atoms with van der Waals surface area (Å²) >= 11 is 0. The fourth-order valence-electron chi connectivity index (χ4n) is 2.49. The molecule has 0 saturated carbocycles. The molecule has 1 heterocycles. The van der Waals surface area contributed by atoms with Gasteiger partial charge in [-0.05, 0) is 42.3 Å². The van der Waals surface area contributed by atoms with Crippen molar-refractivity contribution in [2.75, 3.05) is 11.9 Å². The highest BCUT2D eigenvalue weighted by atomic mass is 19.1. The second-order valence-corrected chi connectivity index (χ2v) is 5.82. The van der Waals surface area contributed by atoms with Crippen molar-refractivity contribution < 1.29 is 13.9 Å². The third-order valence-electron chi connectivity index (χ3n) is 3.82. The summed E-state index contributed by atoms with van der Waals surface area (Å²) in [5, 5.41) is 6.97. The van der Waals surface area contributed by atoms with Gasteiger partial charge in [0, 0.05) is 30.6 Å². The standard InChI is InChI=1S/C20H20FN3O2/c21-17-8-5-16(6-9-17)7-10-20(25)23-18-3-1-4-19(15-18)26-14-13-24-12-2-11-22-24/h1-6,8-9,11-12,15H,7,10,13-14H2,(H,23,25). The number of nitrogens with one attached hydrogen (secondary N) is 1. The van der Waals surface area contributed by atoms with Crippen LogP contribution in [0.25, 0.3) is 0 Å². The Hall–Kier alpha value is -3.15. The first-order chi connectivity index (χ1) is 12.7. The van der Waals surface area contributed by atoms with E-state index in [4.69, 9.17) is 4.74 Å². The normalized spacial score (nSPS) is 10.5. The van der Waals surface area contributed by atoms with Gasteiger partial charge < -0.3 is 10.1 Å². The van der Waals surface area contributed by atoms with Gasteiger partial charge >= 0.3 is 0 Å². The number of rotatable bonds is 8. The molecule has 1 N–H and O–H groups in total. The Labute approximate surface area is 151 Å². The number of benzene rings is 2. The molecule has 6 heteroatoms. The van der Waals surface area contributed by atoms with E-state index in [-0.39, 0.29) is 11.7 Å². The van der Waals surface area contributed by atoms with Crippen molar-refractivity contribution in [3.63, 3.8) is 0 Å². The summed E-state index contributed by atoms with van der Waals surface area (Å²) in [6.07, 6.45) is 4.49. The van der Waals surface area contributed by atoms with Crippen LogP contribution < -0.4 is 10.1 Å². The molecule has 0 spiro atoms. The Morgan fingerprint density at radius 2 is 2.00 bits per heavy atom. The molecule has 1 aromatic heterocycles. The van der Waals surface area contributed by atoms with Crippen LogP contribution >= 0.6 is 0 Å². The topological polar surface area (TPSA) is 56.1 Å². The fraction of sp³-hybridized carbons (Fsp3) is 0.200. The molecular formula is C20H20FN3O2. The van der Waals surface area contributed by atoms with Gasteiger partial charge in [-0.1, -0.05) is 18.2 Å². The number of hydrogen-bond donors (Lipinski definition) is 1. The Balaban J connectivity index is 1.46. The zero-order chi connectivity index (χ0) is 18.2. The van der Waals surface area contributed by atoms with Gasteiger partial charge in [-0.3, -0.25) is 9.48 Å². The molecule has 1 amide bonds. The van der Waals surface area contributed by atoms with Crippen molar-refractivity contribution in [3.05, 3.63) is 78.4 Å². The average Bonchev–Trinajstić information content (AvgIpc) is 3.15. The quantitative estimate of drug-likeness (QED) is 0.672. The maximum absolute atomic E-state index is 12.9. The Morgan fingerprint density at radius 3 is 2.77 bits per heavy atom. The summed E-state index contributed by atoms with van der Waals surface area (Å²) in [7, 11) is 0. The lowest BCUT2D eigenvalue weighted by Crippen LogP contribution is -2.12. The summed E-state index contributed by atoms with van der Waals surface area (Å²) in [5.41, 5.74) is 1.61. The van der Waals surface area contributed by atoms with Gasteiger partial charge in [0.05, 0.1) is 6.54 Å². The molecule has 0 radical (unpaired) electrons. The first-order valence-corrected chi connectivity index (χ1v) is 8.44. The van der Waals surface area contributed by atoms with Gasteiger partial charge in [-0.15, -0.1) is 0 Å². The summed E-state index contributed by atoms with van der Waals surface area (Å²) in [6, 6.07) is 15.3. The van der Waals surface area contributed by atoms with Crippen LogP contribution in [-0.4, -0.2) is 22.3 Å². The number of amides is 1. The van der Waals surface area contributed by atoms with Gasteiger partial charge in [-0.25, -0.2) is 4.39 Å². The number of anilines is 1. The molecule has 0 saturated heterocycles.